The molecule has 0 radical (unpaired) electrons. The number of nitrogens with zero attached hydrogens (tertiary/aromatic N) is 2. The summed E-state index contributed by atoms with van der Waals surface area (Å²) < 4.78 is 26.4. The van der Waals surface area contributed by atoms with E-state index in [-0.39, 0.29) is 12.4 Å². The maximum atomic E-state index is 13.2. The topological polar surface area (TPSA) is 62.3 Å². The molecule has 1 saturated heterocycles. The number of pyridine rings is 1. The fraction of sp³-hybridized carbons (Fsp3) is 0.323. The lowest BCUT2D eigenvalue weighted by Crippen LogP contribution is -2.43. The van der Waals surface area contributed by atoms with Crippen LogP contribution >= 0.6 is 25.0 Å². The largest absolute Gasteiger partial charge is 0.368 e. The van der Waals surface area contributed by atoms with E-state index < -0.39 is 9.84 Å². The van der Waals surface area contributed by atoms with Crippen LogP contribution in [-0.2, 0) is 9.84 Å². The maximum Gasteiger partial charge on any atom is 0.206 e. The van der Waals surface area contributed by atoms with Crippen molar-refractivity contribution in [3.05, 3.63) is 90.1 Å². The lowest BCUT2D eigenvalue weighted by atomic mass is 10.0. The van der Waals surface area contributed by atoms with Crippen molar-refractivity contribution in [3.63, 3.8) is 0 Å². The van der Waals surface area contributed by atoms with Crippen LogP contribution in [0.25, 0.3) is 10.9 Å². The molecule has 208 valence electrons. The molecule has 1 aliphatic rings. The Morgan fingerprint density at radius 2 is 1.33 bits per heavy atom. The van der Waals surface area contributed by atoms with Crippen LogP contribution in [0.5, 0.6) is 0 Å². The quantitative estimate of drug-likeness (QED) is 0.245. The SMILES string of the molecule is CC(C)c1ccc(S(=O)(=O)c2ccc3nccc(N4CCNCC4)c3c2)cc1.CC(C)c1ccc(S)cc1.Cl. The molecule has 1 aliphatic heterocycles. The number of piperazine rings is 1. The number of thiol groups is 1. The Bertz CT molecular complexity index is 1470. The number of anilines is 1. The van der Waals surface area contributed by atoms with E-state index in [4.69, 9.17) is 0 Å². The third kappa shape index (κ3) is 7.54. The van der Waals surface area contributed by atoms with Gasteiger partial charge in [0.2, 0.25) is 9.84 Å². The van der Waals surface area contributed by atoms with Gasteiger partial charge in [0.05, 0.1) is 15.3 Å². The first kappa shape index (κ1) is 31.0. The average Bonchev–Trinajstić information content (AvgIpc) is 2.93. The van der Waals surface area contributed by atoms with Crippen molar-refractivity contribution in [2.45, 2.75) is 54.2 Å². The molecule has 1 aromatic heterocycles. The van der Waals surface area contributed by atoms with Crippen LogP contribution in [0.1, 0.15) is 50.7 Å². The molecule has 0 bridgehead atoms. The number of hydrogen-bond donors (Lipinski definition) is 2. The van der Waals surface area contributed by atoms with Gasteiger partial charge in [-0.25, -0.2) is 8.42 Å². The minimum Gasteiger partial charge on any atom is -0.368 e. The minimum atomic E-state index is -3.58. The third-order valence-corrected chi connectivity index (χ3v) is 8.94. The first-order valence-electron chi connectivity index (χ1n) is 13.1. The van der Waals surface area contributed by atoms with Gasteiger partial charge in [-0.3, -0.25) is 4.98 Å². The molecule has 5 nitrogen and oxygen atoms in total. The van der Waals surface area contributed by atoms with E-state index in [9.17, 15) is 8.42 Å². The molecular weight excluding hydrogens is 546 g/mol. The molecule has 5 rings (SSSR count). The Morgan fingerprint density at radius 1 is 0.795 bits per heavy atom. The summed E-state index contributed by atoms with van der Waals surface area (Å²) in [5.41, 5.74) is 4.35. The molecule has 1 fully saturated rings. The number of halogens is 1. The van der Waals surface area contributed by atoms with Crippen molar-refractivity contribution < 1.29 is 8.42 Å². The predicted octanol–water partition coefficient (Wildman–Crippen LogP) is 7.12. The lowest BCUT2D eigenvalue weighted by molar-refractivity contribution is 0.590. The Morgan fingerprint density at radius 3 is 1.90 bits per heavy atom. The van der Waals surface area contributed by atoms with E-state index in [1.54, 1.807) is 36.5 Å². The highest BCUT2D eigenvalue weighted by molar-refractivity contribution is 7.91. The molecule has 4 aromatic rings. The Hall–Kier alpha value is -2.58. The van der Waals surface area contributed by atoms with E-state index in [0.29, 0.717) is 21.6 Å². The van der Waals surface area contributed by atoms with Gasteiger partial charge in [0.25, 0.3) is 0 Å². The van der Waals surface area contributed by atoms with E-state index in [1.807, 2.05) is 30.3 Å². The standard InChI is InChI=1S/C22H25N3O2S.C9H12S.ClH/c1-16(2)17-3-5-18(6-4-17)28(26,27)19-7-8-21-20(15-19)22(9-10-24-21)25-13-11-23-12-14-25;1-7(2)8-3-5-9(10)6-4-8;/h3-10,15-16,23H,11-14H2,1-2H3;3-7,10H,1-2H3;1H. The first-order chi connectivity index (χ1) is 18.2. The summed E-state index contributed by atoms with van der Waals surface area (Å²) in [5, 5.41) is 4.23. The van der Waals surface area contributed by atoms with E-state index in [2.05, 4.69) is 67.7 Å². The summed E-state index contributed by atoms with van der Waals surface area (Å²) in [6, 6.07) is 22.7. The van der Waals surface area contributed by atoms with Gasteiger partial charge >= 0.3 is 0 Å². The molecule has 0 aliphatic carbocycles. The summed E-state index contributed by atoms with van der Waals surface area (Å²) >= 11 is 4.20. The molecule has 0 atom stereocenters. The summed E-state index contributed by atoms with van der Waals surface area (Å²) in [5.74, 6) is 0.985. The lowest BCUT2D eigenvalue weighted by Gasteiger charge is -2.30. The van der Waals surface area contributed by atoms with Crippen molar-refractivity contribution in [2.75, 3.05) is 31.1 Å². The van der Waals surface area contributed by atoms with Crippen molar-refractivity contribution in [1.82, 2.24) is 10.3 Å². The molecule has 0 unspecified atom stereocenters. The highest BCUT2D eigenvalue weighted by Crippen LogP contribution is 2.30. The smallest absolute Gasteiger partial charge is 0.206 e. The Labute approximate surface area is 244 Å². The second-order valence-electron chi connectivity index (χ2n) is 10.2. The van der Waals surface area contributed by atoms with Gasteiger partial charge in [0, 0.05) is 48.3 Å². The van der Waals surface area contributed by atoms with Crippen LogP contribution in [0.3, 0.4) is 0 Å². The predicted molar refractivity (Wildman–Crippen MR) is 168 cm³/mol. The molecule has 2 heterocycles. The summed E-state index contributed by atoms with van der Waals surface area (Å²) in [7, 11) is -3.58. The van der Waals surface area contributed by atoms with Gasteiger partial charge < -0.3 is 10.2 Å². The number of rotatable bonds is 5. The summed E-state index contributed by atoms with van der Waals surface area (Å²) in [4.78, 5) is 8.37. The maximum absolute atomic E-state index is 13.2. The highest BCUT2D eigenvalue weighted by Gasteiger charge is 2.20. The zero-order valence-corrected chi connectivity index (χ0v) is 25.5. The van der Waals surface area contributed by atoms with Crippen molar-refractivity contribution in [2.24, 2.45) is 0 Å². The van der Waals surface area contributed by atoms with Crippen LogP contribution in [0.15, 0.2) is 93.7 Å². The molecule has 8 heteroatoms. The summed E-state index contributed by atoms with van der Waals surface area (Å²) in [6.07, 6.45) is 1.79. The molecule has 3 aromatic carbocycles. The van der Waals surface area contributed by atoms with Gasteiger partial charge in [0.1, 0.15) is 0 Å². The molecule has 0 spiro atoms. The van der Waals surface area contributed by atoms with Gasteiger partial charge in [0.15, 0.2) is 0 Å². The number of hydrogen-bond acceptors (Lipinski definition) is 6. The van der Waals surface area contributed by atoms with Crippen molar-refractivity contribution in [1.29, 1.82) is 0 Å². The van der Waals surface area contributed by atoms with E-state index in [0.717, 1.165) is 53.2 Å². The zero-order valence-electron chi connectivity index (χ0n) is 23.0. The average molecular weight is 584 g/mol. The number of aromatic nitrogens is 1. The van der Waals surface area contributed by atoms with E-state index in [1.165, 1.54) is 5.56 Å². The monoisotopic (exact) mass is 583 g/mol. The second kappa shape index (κ2) is 13.7. The Balaban J connectivity index is 0.000000324. The van der Waals surface area contributed by atoms with Crippen LogP contribution in [0.2, 0.25) is 0 Å². The third-order valence-electron chi connectivity index (χ3n) is 6.87. The van der Waals surface area contributed by atoms with Gasteiger partial charge in [-0.2, -0.15) is 0 Å². The molecular formula is C31H38ClN3O2S2. The first-order valence-corrected chi connectivity index (χ1v) is 15.1. The fourth-order valence-electron chi connectivity index (χ4n) is 4.49. The molecule has 0 saturated carbocycles. The normalized spacial score (nSPS) is 13.7. The Kier molecular flexibility index (Phi) is 10.8. The van der Waals surface area contributed by atoms with Crippen LogP contribution in [-0.4, -0.2) is 39.6 Å². The molecule has 0 amide bonds. The summed E-state index contributed by atoms with van der Waals surface area (Å²) in [6.45, 7) is 12.2. The van der Waals surface area contributed by atoms with Crippen LogP contribution in [0, 0.1) is 0 Å². The molecule has 1 N–H and O–H groups in total. The van der Waals surface area contributed by atoms with Gasteiger partial charge in [-0.1, -0.05) is 52.0 Å². The zero-order chi connectivity index (χ0) is 27.3. The molecule has 39 heavy (non-hydrogen) atoms. The van der Waals surface area contributed by atoms with Gasteiger partial charge in [-0.15, -0.1) is 25.0 Å². The van der Waals surface area contributed by atoms with Gasteiger partial charge in [-0.05, 0) is 71.5 Å². The fourth-order valence-corrected chi connectivity index (χ4v) is 5.92. The highest BCUT2D eigenvalue weighted by atomic mass is 35.5. The van der Waals surface area contributed by atoms with Crippen LogP contribution < -0.4 is 10.2 Å². The van der Waals surface area contributed by atoms with Crippen LogP contribution in [0.4, 0.5) is 5.69 Å². The number of benzene rings is 3. The number of fused-ring (bicyclic) bond motifs is 1. The number of sulfone groups is 1. The van der Waals surface area contributed by atoms with E-state index >= 15 is 0 Å². The van der Waals surface area contributed by atoms with Crippen molar-refractivity contribution in [3.8, 4) is 0 Å². The number of nitrogens with one attached hydrogen (secondary N) is 1. The second-order valence-corrected chi connectivity index (χ2v) is 12.7. The van der Waals surface area contributed by atoms with Crippen molar-refractivity contribution >= 4 is 51.5 Å². The minimum absolute atomic E-state index is 0.